The summed E-state index contributed by atoms with van der Waals surface area (Å²) in [5, 5.41) is 4.00. The van der Waals surface area contributed by atoms with Gasteiger partial charge in [-0.15, -0.1) is 5.10 Å². The van der Waals surface area contributed by atoms with Crippen LogP contribution in [0.5, 0.6) is 5.75 Å². The second-order valence-electron chi connectivity index (χ2n) is 3.29. The van der Waals surface area contributed by atoms with Gasteiger partial charge in [-0.25, -0.2) is 4.68 Å². The summed E-state index contributed by atoms with van der Waals surface area (Å²) >= 11 is 0. The van der Waals surface area contributed by atoms with Crippen molar-refractivity contribution in [1.29, 1.82) is 0 Å². The molecule has 2 aromatic rings. The Morgan fingerprint density at radius 2 is 2.06 bits per heavy atom. The minimum atomic E-state index is -2.89. The summed E-state index contributed by atoms with van der Waals surface area (Å²) in [5.41, 5.74) is 5.90. The molecule has 0 fully saturated rings. The lowest BCUT2D eigenvalue weighted by atomic mass is 10.2. The smallest absolute Gasteiger partial charge is 0.387 e. The second kappa shape index (κ2) is 4.36. The molecule has 0 spiro atoms. The summed E-state index contributed by atoms with van der Waals surface area (Å²) in [6.45, 7) is -2.89. The Kier molecular flexibility index (Phi) is 2.90. The molecule has 0 bridgehead atoms. The van der Waals surface area contributed by atoms with E-state index in [-0.39, 0.29) is 17.5 Å². The fourth-order valence-corrected chi connectivity index (χ4v) is 1.36. The predicted molar refractivity (Wildman–Crippen MR) is 57.5 cm³/mol. The van der Waals surface area contributed by atoms with Gasteiger partial charge in [0.2, 0.25) is 5.95 Å². The summed E-state index contributed by atoms with van der Waals surface area (Å²) in [7, 11) is 1.61. The van der Waals surface area contributed by atoms with Gasteiger partial charge in [0, 0.05) is 7.05 Å². The molecule has 0 unspecified atom stereocenters. The SMILES string of the molecule is Cn1nc(-c2ccccc2OC(F)F)nc1N. The molecule has 7 heteroatoms. The highest BCUT2D eigenvalue weighted by atomic mass is 19.3. The Labute approximate surface area is 95.8 Å². The molecule has 17 heavy (non-hydrogen) atoms. The van der Waals surface area contributed by atoms with Crippen LogP contribution in [0.3, 0.4) is 0 Å². The van der Waals surface area contributed by atoms with Gasteiger partial charge in [0.15, 0.2) is 5.82 Å². The number of hydrogen-bond acceptors (Lipinski definition) is 4. The number of anilines is 1. The van der Waals surface area contributed by atoms with Crippen molar-refractivity contribution in [2.75, 3.05) is 5.73 Å². The number of aryl methyl sites for hydroxylation is 1. The largest absolute Gasteiger partial charge is 0.434 e. The van der Waals surface area contributed by atoms with Crippen molar-refractivity contribution >= 4 is 5.95 Å². The van der Waals surface area contributed by atoms with Crippen molar-refractivity contribution in [1.82, 2.24) is 14.8 Å². The van der Waals surface area contributed by atoms with E-state index in [1.165, 1.54) is 10.7 Å². The zero-order chi connectivity index (χ0) is 12.4. The van der Waals surface area contributed by atoms with Gasteiger partial charge in [0.05, 0.1) is 5.56 Å². The van der Waals surface area contributed by atoms with Crippen molar-refractivity contribution in [3.8, 4) is 17.1 Å². The number of alkyl halides is 2. The molecule has 0 aliphatic carbocycles. The molecule has 0 radical (unpaired) electrons. The van der Waals surface area contributed by atoms with Gasteiger partial charge in [0.25, 0.3) is 0 Å². The van der Waals surface area contributed by atoms with Crippen molar-refractivity contribution in [3.05, 3.63) is 24.3 Å². The number of nitrogens with zero attached hydrogens (tertiary/aromatic N) is 3. The zero-order valence-corrected chi connectivity index (χ0v) is 8.97. The van der Waals surface area contributed by atoms with Crippen molar-refractivity contribution in [3.63, 3.8) is 0 Å². The van der Waals surface area contributed by atoms with Crippen molar-refractivity contribution < 1.29 is 13.5 Å². The Morgan fingerprint density at radius 3 is 2.65 bits per heavy atom. The number of hydrogen-bond donors (Lipinski definition) is 1. The third-order valence-electron chi connectivity index (χ3n) is 2.14. The van der Waals surface area contributed by atoms with E-state index in [2.05, 4.69) is 14.8 Å². The van der Waals surface area contributed by atoms with Crippen LogP contribution in [0, 0.1) is 0 Å². The third kappa shape index (κ3) is 2.32. The Hall–Kier alpha value is -2.18. The average molecular weight is 240 g/mol. The lowest BCUT2D eigenvalue weighted by molar-refractivity contribution is -0.0494. The van der Waals surface area contributed by atoms with Gasteiger partial charge < -0.3 is 10.5 Å². The number of nitrogens with two attached hydrogens (primary N) is 1. The minimum Gasteiger partial charge on any atom is -0.434 e. The minimum absolute atomic E-state index is 0.0214. The monoisotopic (exact) mass is 240 g/mol. The van der Waals surface area contributed by atoms with Gasteiger partial charge in [0.1, 0.15) is 5.75 Å². The van der Waals surface area contributed by atoms with Gasteiger partial charge in [-0.1, -0.05) is 12.1 Å². The summed E-state index contributed by atoms with van der Waals surface area (Å²) in [6, 6.07) is 6.29. The normalized spacial score (nSPS) is 10.8. The highest BCUT2D eigenvalue weighted by Gasteiger charge is 2.14. The quantitative estimate of drug-likeness (QED) is 0.886. The number of halogens is 2. The second-order valence-corrected chi connectivity index (χ2v) is 3.29. The van der Waals surface area contributed by atoms with E-state index >= 15 is 0 Å². The van der Waals surface area contributed by atoms with Gasteiger partial charge >= 0.3 is 6.61 Å². The first-order valence-electron chi connectivity index (χ1n) is 4.78. The lowest BCUT2D eigenvalue weighted by Gasteiger charge is -2.07. The van der Waals surface area contributed by atoms with Crippen LogP contribution in [0.15, 0.2) is 24.3 Å². The standard InChI is InChI=1S/C10H10F2N4O/c1-16-10(13)14-8(15-16)6-4-2-3-5-7(6)17-9(11)12/h2-5,9H,1H3,(H2,13,14,15). The zero-order valence-electron chi connectivity index (χ0n) is 8.97. The molecule has 90 valence electrons. The molecular formula is C10H10F2N4O. The number of benzene rings is 1. The molecule has 1 aromatic carbocycles. The molecule has 2 N–H and O–H groups in total. The summed E-state index contributed by atoms with van der Waals surface area (Å²) in [5.74, 6) is 0.473. The van der Waals surface area contributed by atoms with E-state index in [0.717, 1.165) is 0 Å². The molecule has 0 amide bonds. The van der Waals surface area contributed by atoms with E-state index in [9.17, 15) is 8.78 Å². The third-order valence-corrected chi connectivity index (χ3v) is 2.14. The maximum Gasteiger partial charge on any atom is 0.387 e. The first kappa shape index (κ1) is 11.3. The Bertz CT molecular complexity index is 507. The van der Waals surface area contributed by atoms with E-state index in [1.54, 1.807) is 25.2 Å². The van der Waals surface area contributed by atoms with Crippen LogP contribution in [0.2, 0.25) is 0 Å². The average Bonchev–Trinajstić information content (AvgIpc) is 2.59. The number of para-hydroxylation sites is 1. The van der Waals surface area contributed by atoms with Crippen LogP contribution in [-0.2, 0) is 7.05 Å². The lowest BCUT2D eigenvalue weighted by Crippen LogP contribution is -2.03. The topological polar surface area (TPSA) is 66.0 Å². The van der Waals surface area contributed by atoms with Gasteiger partial charge in [-0.05, 0) is 12.1 Å². The molecule has 0 atom stereocenters. The first-order chi connectivity index (χ1) is 8.08. The molecule has 1 aromatic heterocycles. The molecule has 2 rings (SSSR count). The molecule has 5 nitrogen and oxygen atoms in total. The molecule has 0 saturated carbocycles. The van der Waals surface area contributed by atoms with Crippen molar-refractivity contribution in [2.45, 2.75) is 6.61 Å². The van der Waals surface area contributed by atoms with E-state index in [0.29, 0.717) is 5.56 Å². The summed E-state index contributed by atoms with van der Waals surface area (Å²) in [6.07, 6.45) is 0. The van der Waals surface area contributed by atoms with Crippen LogP contribution in [0.1, 0.15) is 0 Å². The van der Waals surface area contributed by atoms with E-state index < -0.39 is 6.61 Å². The number of aromatic nitrogens is 3. The van der Waals surface area contributed by atoms with Crippen molar-refractivity contribution in [2.24, 2.45) is 7.05 Å². The van der Waals surface area contributed by atoms with Gasteiger partial charge in [-0.3, -0.25) is 0 Å². The van der Waals surface area contributed by atoms with E-state index in [4.69, 9.17) is 5.73 Å². The fraction of sp³-hybridized carbons (Fsp3) is 0.200. The predicted octanol–water partition coefficient (Wildman–Crippen LogP) is 1.67. The summed E-state index contributed by atoms with van der Waals surface area (Å²) in [4.78, 5) is 3.95. The highest BCUT2D eigenvalue weighted by Crippen LogP contribution is 2.28. The van der Waals surface area contributed by atoms with Gasteiger partial charge in [-0.2, -0.15) is 13.8 Å². The molecule has 1 heterocycles. The van der Waals surface area contributed by atoms with Crippen LogP contribution in [-0.4, -0.2) is 21.4 Å². The first-order valence-corrected chi connectivity index (χ1v) is 4.78. The summed E-state index contributed by atoms with van der Waals surface area (Å²) < 4.78 is 30.2. The van der Waals surface area contributed by atoms with Crippen LogP contribution < -0.4 is 10.5 Å². The Balaban J connectivity index is 2.44. The molecule has 0 aliphatic heterocycles. The number of rotatable bonds is 3. The fourth-order valence-electron chi connectivity index (χ4n) is 1.36. The van der Waals surface area contributed by atoms with E-state index in [1.807, 2.05) is 0 Å². The number of ether oxygens (including phenoxy) is 1. The highest BCUT2D eigenvalue weighted by molar-refractivity contribution is 5.64. The Morgan fingerprint density at radius 1 is 1.35 bits per heavy atom. The van der Waals surface area contributed by atoms with Crippen LogP contribution in [0.4, 0.5) is 14.7 Å². The molecular weight excluding hydrogens is 230 g/mol. The maximum atomic E-state index is 12.2. The molecule has 0 saturated heterocycles. The van der Waals surface area contributed by atoms with Crippen LogP contribution in [0.25, 0.3) is 11.4 Å². The maximum absolute atomic E-state index is 12.2. The van der Waals surface area contributed by atoms with Crippen LogP contribution >= 0.6 is 0 Å². The number of nitrogen functional groups attached to an aromatic ring is 1. The molecule has 0 aliphatic rings.